The molecule has 0 radical (unpaired) electrons. The van der Waals surface area contributed by atoms with E-state index in [2.05, 4.69) is 0 Å². The second kappa shape index (κ2) is 7.59. The molecule has 25 heavy (non-hydrogen) atoms. The predicted octanol–water partition coefficient (Wildman–Crippen LogP) is 3.51. The molecular formula is C19H24O6. The number of allylic oxidation sites excluding steroid dienone is 2. The highest BCUT2D eigenvalue weighted by atomic mass is 16.5. The summed E-state index contributed by atoms with van der Waals surface area (Å²) in [5, 5.41) is 19.4. The third kappa shape index (κ3) is 3.78. The van der Waals surface area contributed by atoms with Crippen molar-refractivity contribution >= 4 is 11.9 Å². The Balaban J connectivity index is 2.29. The maximum atomic E-state index is 11.9. The van der Waals surface area contributed by atoms with Crippen molar-refractivity contribution in [3.63, 3.8) is 0 Å². The minimum Gasteiger partial charge on any atom is -0.507 e. The molecule has 1 aliphatic rings. The van der Waals surface area contributed by atoms with E-state index >= 15 is 0 Å². The summed E-state index contributed by atoms with van der Waals surface area (Å²) in [4.78, 5) is 22.6. The average molecular weight is 348 g/mol. The molecule has 1 aromatic rings. The van der Waals surface area contributed by atoms with Gasteiger partial charge in [-0.15, -0.1) is 0 Å². The molecule has 0 fully saturated rings. The minimum atomic E-state index is -0.820. The molecular weight excluding hydrogens is 324 g/mol. The van der Waals surface area contributed by atoms with Crippen molar-refractivity contribution in [2.45, 2.75) is 53.1 Å². The fourth-order valence-electron chi connectivity index (χ4n) is 3.10. The van der Waals surface area contributed by atoms with Crippen LogP contribution >= 0.6 is 0 Å². The zero-order valence-electron chi connectivity index (χ0n) is 15.1. The number of benzene rings is 1. The first-order valence-corrected chi connectivity index (χ1v) is 8.23. The molecule has 1 heterocycles. The minimum absolute atomic E-state index is 0.0732. The quantitative estimate of drug-likeness (QED) is 0.578. The Kier molecular flexibility index (Phi) is 5.72. The number of phenols is 1. The van der Waals surface area contributed by atoms with Gasteiger partial charge in [0.2, 0.25) is 0 Å². The van der Waals surface area contributed by atoms with Crippen LogP contribution in [0.2, 0.25) is 0 Å². The summed E-state index contributed by atoms with van der Waals surface area (Å²) in [7, 11) is 1.54. The van der Waals surface area contributed by atoms with Crippen molar-refractivity contribution < 1.29 is 29.3 Å². The lowest BCUT2D eigenvalue weighted by molar-refractivity contribution is -0.136. The zero-order valence-corrected chi connectivity index (χ0v) is 15.1. The van der Waals surface area contributed by atoms with Gasteiger partial charge in [0.15, 0.2) is 0 Å². The average Bonchev–Trinajstić information content (AvgIpc) is 2.96. The van der Waals surface area contributed by atoms with E-state index in [1.807, 2.05) is 20.8 Å². The van der Waals surface area contributed by atoms with E-state index in [1.54, 1.807) is 0 Å². The van der Waals surface area contributed by atoms with Gasteiger partial charge in [-0.3, -0.25) is 4.79 Å². The topological polar surface area (TPSA) is 93.1 Å². The van der Waals surface area contributed by atoms with E-state index in [-0.39, 0.29) is 24.3 Å². The molecule has 0 spiro atoms. The predicted molar refractivity (Wildman–Crippen MR) is 92.1 cm³/mol. The number of phenolic OH excluding ortho intramolecular Hbond substituents is 1. The molecule has 0 saturated heterocycles. The van der Waals surface area contributed by atoms with Gasteiger partial charge in [-0.1, -0.05) is 11.1 Å². The number of carbonyl (C=O) groups excluding carboxylic acids is 1. The van der Waals surface area contributed by atoms with Crippen molar-refractivity contribution in [2.75, 3.05) is 7.11 Å². The number of aromatic hydroxyl groups is 1. The molecule has 0 aromatic heterocycles. The highest BCUT2D eigenvalue weighted by Crippen LogP contribution is 2.42. The maximum absolute atomic E-state index is 11.9. The molecule has 6 nitrogen and oxygen atoms in total. The van der Waals surface area contributed by atoms with Crippen molar-refractivity contribution in [1.29, 1.82) is 0 Å². The van der Waals surface area contributed by atoms with E-state index in [0.29, 0.717) is 36.1 Å². The lowest BCUT2D eigenvalue weighted by Gasteiger charge is -2.17. The third-order valence-corrected chi connectivity index (χ3v) is 4.84. The van der Waals surface area contributed by atoms with E-state index in [4.69, 9.17) is 14.6 Å². The van der Waals surface area contributed by atoms with Gasteiger partial charge in [0, 0.05) is 17.5 Å². The summed E-state index contributed by atoms with van der Waals surface area (Å²) in [6.07, 6.45) is 1.73. The van der Waals surface area contributed by atoms with Crippen LogP contribution in [-0.2, 0) is 22.6 Å². The number of methoxy groups -OCH3 is 1. The summed E-state index contributed by atoms with van der Waals surface area (Å²) in [5.74, 6) is -0.829. The van der Waals surface area contributed by atoms with Crippen molar-refractivity contribution in [2.24, 2.45) is 0 Å². The SMILES string of the molecule is COc1c(C)c2c(c(O)c1CCC(C)=C(C)CCC(=O)O)C(=O)OC2. The standard InChI is InChI=1S/C19H24O6/c1-10(11(2)6-8-15(20)21)5-7-13-17(22)16-14(9-25-19(16)23)12(3)18(13)24-4/h22H,5-9H2,1-4H3,(H,20,21). The second-order valence-corrected chi connectivity index (χ2v) is 6.37. The van der Waals surface area contributed by atoms with Crippen LogP contribution in [0, 0.1) is 6.92 Å². The molecule has 136 valence electrons. The van der Waals surface area contributed by atoms with Crippen LogP contribution in [0.25, 0.3) is 0 Å². The number of hydrogen-bond donors (Lipinski definition) is 2. The lowest BCUT2D eigenvalue weighted by atomic mass is 9.92. The molecule has 1 aromatic carbocycles. The van der Waals surface area contributed by atoms with E-state index < -0.39 is 11.9 Å². The number of rotatable bonds is 7. The van der Waals surface area contributed by atoms with Crippen molar-refractivity contribution in [3.8, 4) is 11.5 Å². The Morgan fingerprint density at radius 3 is 2.44 bits per heavy atom. The number of aliphatic carboxylic acids is 1. The van der Waals surface area contributed by atoms with Crippen LogP contribution < -0.4 is 4.74 Å². The number of hydrogen-bond acceptors (Lipinski definition) is 5. The van der Waals surface area contributed by atoms with Crippen LogP contribution in [0.5, 0.6) is 11.5 Å². The third-order valence-electron chi connectivity index (χ3n) is 4.84. The number of carboxylic acid groups (broad SMARTS) is 1. The van der Waals surface area contributed by atoms with Gasteiger partial charge in [-0.2, -0.15) is 0 Å². The van der Waals surface area contributed by atoms with Gasteiger partial charge < -0.3 is 19.7 Å². The summed E-state index contributed by atoms with van der Waals surface area (Å²) in [6.45, 7) is 5.87. The van der Waals surface area contributed by atoms with Crippen LogP contribution in [0.3, 0.4) is 0 Å². The highest BCUT2D eigenvalue weighted by molar-refractivity contribution is 5.98. The normalized spacial score (nSPS) is 14.0. The van der Waals surface area contributed by atoms with Gasteiger partial charge in [0.25, 0.3) is 0 Å². The van der Waals surface area contributed by atoms with E-state index in [1.165, 1.54) is 7.11 Å². The Bertz CT molecular complexity index is 745. The van der Waals surface area contributed by atoms with Gasteiger partial charge in [-0.05, 0) is 45.6 Å². The van der Waals surface area contributed by atoms with Crippen LogP contribution in [-0.4, -0.2) is 29.3 Å². The number of cyclic esters (lactones) is 1. The number of carboxylic acids is 1. The van der Waals surface area contributed by atoms with Crippen LogP contribution in [0.4, 0.5) is 0 Å². The molecule has 0 bridgehead atoms. The van der Waals surface area contributed by atoms with Crippen LogP contribution in [0.1, 0.15) is 60.2 Å². The summed E-state index contributed by atoms with van der Waals surface area (Å²) < 4.78 is 10.5. The summed E-state index contributed by atoms with van der Waals surface area (Å²) >= 11 is 0. The van der Waals surface area contributed by atoms with Crippen LogP contribution in [0.15, 0.2) is 11.1 Å². The van der Waals surface area contributed by atoms with Crippen molar-refractivity contribution in [1.82, 2.24) is 0 Å². The zero-order chi connectivity index (χ0) is 18.7. The first kappa shape index (κ1) is 18.8. The van der Waals surface area contributed by atoms with Gasteiger partial charge >= 0.3 is 11.9 Å². The molecule has 0 atom stereocenters. The first-order chi connectivity index (χ1) is 11.8. The molecule has 6 heteroatoms. The van der Waals surface area contributed by atoms with Gasteiger partial charge in [-0.25, -0.2) is 4.79 Å². The van der Waals surface area contributed by atoms with E-state index in [9.17, 15) is 14.7 Å². The Morgan fingerprint density at radius 2 is 1.84 bits per heavy atom. The number of fused-ring (bicyclic) bond motifs is 1. The molecule has 1 aliphatic heterocycles. The van der Waals surface area contributed by atoms with Crippen molar-refractivity contribution in [3.05, 3.63) is 33.4 Å². The Labute approximate surface area is 147 Å². The Morgan fingerprint density at radius 1 is 1.20 bits per heavy atom. The van der Waals surface area contributed by atoms with Gasteiger partial charge in [0.05, 0.1) is 7.11 Å². The summed E-state index contributed by atoms with van der Waals surface area (Å²) in [5.41, 5.74) is 4.40. The largest absolute Gasteiger partial charge is 0.507 e. The first-order valence-electron chi connectivity index (χ1n) is 8.23. The Hall–Kier alpha value is -2.50. The van der Waals surface area contributed by atoms with Gasteiger partial charge in [0.1, 0.15) is 23.7 Å². The monoisotopic (exact) mass is 348 g/mol. The molecule has 0 unspecified atom stereocenters. The fraction of sp³-hybridized carbons (Fsp3) is 0.474. The highest BCUT2D eigenvalue weighted by Gasteiger charge is 2.32. The fourth-order valence-corrected chi connectivity index (χ4v) is 3.10. The summed E-state index contributed by atoms with van der Waals surface area (Å²) in [6, 6.07) is 0. The second-order valence-electron chi connectivity index (χ2n) is 6.37. The molecule has 2 rings (SSSR count). The number of carbonyl (C=O) groups is 2. The number of esters is 1. The molecule has 0 saturated carbocycles. The lowest BCUT2D eigenvalue weighted by Crippen LogP contribution is -2.04. The molecule has 0 aliphatic carbocycles. The number of ether oxygens (including phenoxy) is 2. The molecule has 0 amide bonds. The smallest absolute Gasteiger partial charge is 0.342 e. The maximum Gasteiger partial charge on any atom is 0.342 e. The van der Waals surface area contributed by atoms with E-state index in [0.717, 1.165) is 16.7 Å². The molecule has 2 N–H and O–H groups in total.